The lowest BCUT2D eigenvalue weighted by Gasteiger charge is -2.52. The summed E-state index contributed by atoms with van der Waals surface area (Å²) in [6.07, 6.45) is 1.86. The van der Waals surface area contributed by atoms with Gasteiger partial charge in [-0.2, -0.15) is 0 Å². The number of ether oxygens (including phenoxy) is 2. The van der Waals surface area contributed by atoms with Gasteiger partial charge in [0.15, 0.2) is 5.79 Å². The highest BCUT2D eigenvalue weighted by molar-refractivity contribution is 7.91. The first-order valence-electron chi connectivity index (χ1n) is 14.1. The zero-order chi connectivity index (χ0) is 29.3. The van der Waals surface area contributed by atoms with Gasteiger partial charge >= 0.3 is 0 Å². The molecule has 9 heteroatoms. The van der Waals surface area contributed by atoms with Crippen molar-refractivity contribution in [3.8, 4) is 0 Å². The molecule has 6 nitrogen and oxygen atoms in total. The van der Waals surface area contributed by atoms with Crippen molar-refractivity contribution in [2.75, 3.05) is 18.1 Å². The Morgan fingerprint density at radius 3 is 2.30 bits per heavy atom. The van der Waals surface area contributed by atoms with E-state index in [1.807, 2.05) is 75.1 Å². The highest BCUT2D eigenvalue weighted by Gasteiger charge is 2.53. The maximum absolute atomic E-state index is 14.7. The summed E-state index contributed by atoms with van der Waals surface area (Å²) in [5.41, 5.74) is 1.24. The van der Waals surface area contributed by atoms with Crippen LogP contribution in [0, 0.1) is 5.41 Å². The van der Waals surface area contributed by atoms with E-state index in [0.29, 0.717) is 42.3 Å². The summed E-state index contributed by atoms with van der Waals surface area (Å²) in [5.74, 6) is -0.660. The monoisotopic (exact) mass is 609 g/mol. The number of halogens is 2. The van der Waals surface area contributed by atoms with Gasteiger partial charge in [0.2, 0.25) is 5.91 Å². The van der Waals surface area contributed by atoms with Crippen LogP contribution >= 0.6 is 23.2 Å². The highest BCUT2D eigenvalue weighted by atomic mass is 35.5. The molecule has 2 heterocycles. The van der Waals surface area contributed by atoms with E-state index in [-0.39, 0.29) is 41.5 Å². The minimum Gasteiger partial charge on any atom is -0.348 e. The Morgan fingerprint density at radius 2 is 1.73 bits per heavy atom. The molecule has 1 amide bonds. The van der Waals surface area contributed by atoms with Crippen molar-refractivity contribution >= 4 is 38.9 Å². The van der Waals surface area contributed by atoms with E-state index in [2.05, 4.69) is 6.07 Å². The third-order valence-corrected chi connectivity index (χ3v) is 10.6. The number of hydrogen-bond acceptors (Lipinski definition) is 5. The molecule has 2 aliphatic heterocycles. The van der Waals surface area contributed by atoms with Crippen LogP contribution in [0.15, 0.2) is 48.5 Å². The largest absolute Gasteiger partial charge is 0.348 e. The molecule has 2 fully saturated rings. The summed E-state index contributed by atoms with van der Waals surface area (Å²) in [7, 11) is -3.21. The lowest BCUT2D eigenvalue weighted by Crippen LogP contribution is -2.56. The predicted octanol–water partition coefficient (Wildman–Crippen LogP) is 7.20. The number of rotatable bonds is 10. The van der Waals surface area contributed by atoms with Gasteiger partial charge in [0.05, 0.1) is 24.5 Å². The number of hydrogen-bond donors (Lipinski definition) is 0. The fourth-order valence-corrected chi connectivity index (χ4v) is 7.58. The van der Waals surface area contributed by atoms with E-state index in [1.54, 1.807) is 6.92 Å². The number of piperidine rings is 1. The number of sulfone groups is 1. The molecule has 2 saturated heterocycles. The summed E-state index contributed by atoms with van der Waals surface area (Å²) >= 11 is 12.8. The Morgan fingerprint density at radius 1 is 1.02 bits per heavy atom. The molecule has 220 valence electrons. The van der Waals surface area contributed by atoms with E-state index < -0.39 is 21.0 Å². The van der Waals surface area contributed by atoms with Gasteiger partial charge in [0.1, 0.15) is 9.84 Å². The van der Waals surface area contributed by atoms with Crippen LogP contribution in [-0.4, -0.2) is 55.3 Å². The minimum atomic E-state index is -3.21. The maximum Gasteiger partial charge on any atom is 0.229 e. The van der Waals surface area contributed by atoms with Crippen LogP contribution in [0.2, 0.25) is 10.0 Å². The van der Waals surface area contributed by atoms with Crippen LogP contribution in [0.1, 0.15) is 83.4 Å². The molecule has 4 rings (SSSR count). The number of benzene rings is 2. The van der Waals surface area contributed by atoms with Crippen molar-refractivity contribution in [1.82, 2.24) is 4.90 Å². The third kappa shape index (κ3) is 7.04. The van der Waals surface area contributed by atoms with E-state index in [9.17, 15) is 13.2 Å². The van der Waals surface area contributed by atoms with Gasteiger partial charge in [-0.1, -0.05) is 68.2 Å². The molecule has 0 aliphatic carbocycles. The van der Waals surface area contributed by atoms with Crippen molar-refractivity contribution in [3.05, 3.63) is 69.7 Å². The first-order valence-corrected chi connectivity index (χ1v) is 16.7. The zero-order valence-corrected chi connectivity index (χ0v) is 26.4. The molecule has 2 aromatic carbocycles. The molecular weight excluding hydrogens is 569 g/mol. The van der Waals surface area contributed by atoms with Gasteiger partial charge in [-0.3, -0.25) is 4.79 Å². The second kappa shape index (κ2) is 12.3. The van der Waals surface area contributed by atoms with E-state index in [0.717, 1.165) is 11.1 Å². The van der Waals surface area contributed by atoms with Crippen LogP contribution in [0.4, 0.5) is 0 Å². The molecule has 3 unspecified atom stereocenters. The Labute approximate surface area is 249 Å². The van der Waals surface area contributed by atoms with Crippen molar-refractivity contribution < 1.29 is 22.7 Å². The van der Waals surface area contributed by atoms with E-state index in [1.165, 1.54) is 0 Å². The third-order valence-electron chi connectivity index (χ3n) is 8.40. The first-order chi connectivity index (χ1) is 18.8. The number of amides is 1. The van der Waals surface area contributed by atoms with Crippen molar-refractivity contribution in [3.63, 3.8) is 0 Å². The number of likely N-dealkylation sites (tertiary alicyclic amines) is 1. The lowest BCUT2D eigenvalue weighted by atomic mass is 9.66. The van der Waals surface area contributed by atoms with Crippen LogP contribution < -0.4 is 0 Å². The summed E-state index contributed by atoms with van der Waals surface area (Å²) in [6.45, 7) is 9.89. The van der Waals surface area contributed by atoms with Gasteiger partial charge in [-0.25, -0.2) is 8.42 Å². The van der Waals surface area contributed by atoms with E-state index in [4.69, 9.17) is 32.7 Å². The van der Waals surface area contributed by atoms with E-state index >= 15 is 0 Å². The van der Waals surface area contributed by atoms with Crippen LogP contribution in [0.25, 0.3) is 0 Å². The van der Waals surface area contributed by atoms with Crippen molar-refractivity contribution in [2.24, 2.45) is 5.41 Å². The molecule has 5 atom stereocenters. The average Bonchev–Trinajstić information content (AvgIpc) is 3.24. The van der Waals surface area contributed by atoms with Gasteiger partial charge in [-0.05, 0) is 74.9 Å². The summed E-state index contributed by atoms with van der Waals surface area (Å²) < 4.78 is 37.1. The molecule has 2 aromatic rings. The standard InChI is InChI=1S/C31H41Cl2NO5S/c1-6-25(15-16-40(36,37)7-2)34-28(21-11-13-23(32)14-12-21)27(22-9-8-10-24(33)17-22)19-31(5,29(34)35)18-26-20-38-30(3,4)39-26/h8-14,17,25-28H,6-7,15-16,18-20H2,1-5H3/t25-,26?,27?,28?,31-/m0/s1. The Bertz CT molecular complexity index is 1300. The van der Waals surface area contributed by atoms with Gasteiger partial charge in [0, 0.05) is 33.2 Å². The molecule has 0 saturated carbocycles. The molecule has 2 aliphatic rings. The summed E-state index contributed by atoms with van der Waals surface area (Å²) in [6, 6.07) is 14.9. The minimum absolute atomic E-state index is 0.0137. The fraction of sp³-hybridized carbons (Fsp3) is 0.581. The van der Waals surface area contributed by atoms with Gasteiger partial charge < -0.3 is 14.4 Å². The smallest absolute Gasteiger partial charge is 0.229 e. The molecule has 0 spiro atoms. The molecule has 0 aromatic heterocycles. The number of carbonyl (C=O) groups is 1. The molecule has 0 bridgehead atoms. The highest BCUT2D eigenvalue weighted by Crippen LogP contribution is 2.53. The second-order valence-electron chi connectivity index (χ2n) is 11.9. The Hall–Kier alpha value is -1.64. The Balaban J connectivity index is 1.83. The maximum atomic E-state index is 14.7. The molecular formula is C31H41Cl2NO5S. The number of carbonyl (C=O) groups excluding carboxylic acids is 1. The quantitative estimate of drug-likeness (QED) is 0.285. The fourth-order valence-electron chi connectivity index (χ4n) is 6.34. The zero-order valence-electron chi connectivity index (χ0n) is 24.0. The summed E-state index contributed by atoms with van der Waals surface area (Å²) in [5, 5.41) is 1.25. The van der Waals surface area contributed by atoms with Crippen LogP contribution in [0.5, 0.6) is 0 Å². The van der Waals surface area contributed by atoms with Gasteiger partial charge in [0.25, 0.3) is 0 Å². The summed E-state index contributed by atoms with van der Waals surface area (Å²) in [4.78, 5) is 16.7. The lowest BCUT2D eigenvalue weighted by molar-refractivity contribution is -0.163. The van der Waals surface area contributed by atoms with Crippen molar-refractivity contribution in [2.45, 2.75) is 90.2 Å². The Kier molecular flexibility index (Phi) is 9.63. The van der Waals surface area contributed by atoms with Crippen LogP contribution in [0.3, 0.4) is 0 Å². The molecule has 0 N–H and O–H groups in total. The average molecular weight is 611 g/mol. The first kappa shape index (κ1) is 31.3. The topological polar surface area (TPSA) is 72.9 Å². The molecule has 40 heavy (non-hydrogen) atoms. The SMILES string of the molecule is CC[C@@H](CCS(=O)(=O)CC)N1C(=O)[C@@](C)(CC2COC(C)(C)O2)CC(c2cccc(Cl)c2)C1c1ccc(Cl)cc1. The normalized spacial score (nSPS) is 27.6. The predicted molar refractivity (Wildman–Crippen MR) is 161 cm³/mol. The van der Waals surface area contributed by atoms with Crippen molar-refractivity contribution in [1.29, 1.82) is 0 Å². The van der Waals surface area contributed by atoms with Crippen LogP contribution in [-0.2, 0) is 24.1 Å². The second-order valence-corrected chi connectivity index (χ2v) is 15.2. The number of nitrogens with zero attached hydrogens (tertiary/aromatic N) is 1. The van der Waals surface area contributed by atoms with Gasteiger partial charge in [-0.15, -0.1) is 0 Å². The molecule has 0 radical (unpaired) electrons.